The zero-order valence-corrected chi connectivity index (χ0v) is 7.97. The van der Waals surface area contributed by atoms with Crippen LogP contribution in [0.25, 0.3) is 0 Å². The fourth-order valence-corrected chi connectivity index (χ4v) is 1.15. The second-order valence-electron chi connectivity index (χ2n) is 2.99. The normalized spacial score (nSPS) is 10.7. The van der Waals surface area contributed by atoms with Gasteiger partial charge in [-0.1, -0.05) is 12.1 Å². The Bertz CT molecular complexity index is 466. The molecule has 0 radical (unpaired) electrons. The highest BCUT2D eigenvalue weighted by Crippen LogP contribution is 2.12. The zero-order valence-electron chi connectivity index (χ0n) is 7.97. The third-order valence-corrected chi connectivity index (χ3v) is 1.84. The largest absolute Gasteiger partial charge is 0.255 e. The van der Waals surface area contributed by atoms with Crippen LogP contribution in [-0.4, -0.2) is 11.2 Å². The maximum absolute atomic E-state index is 12.8. The molecule has 1 heterocycles. The molecule has 0 aliphatic rings. The Hall–Kier alpha value is -2.03. The molecule has 1 aromatic heterocycles. The van der Waals surface area contributed by atoms with Crippen molar-refractivity contribution >= 4 is 11.9 Å². The van der Waals surface area contributed by atoms with Crippen LogP contribution in [0, 0.1) is 5.82 Å². The lowest BCUT2D eigenvalue weighted by atomic mass is 10.3. The highest BCUT2D eigenvalue weighted by molar-refractivity contribution is 5.79. The molecule has 0 aliphatic carbocycles. The number of benzene rings is 1. The van der Waals surface area contributed by atoms with Gasteiger partial charge in [0.05, 0.1) is 17.6 Å². The predicted octanol–water partition coefficient (Wildman–Crippen LogP) is 2.97. The van der Waals surface area contributed by atoms with Gasteiger partial charge in [0, 0.05) is 6.20 Å². The molecule has 0 spiro atoms. The first-order valence-corrected chi connectivity index (χ1v) is 4.55. The van der Waals surface area contributed by atoms with Crippen LogP contribution in [0.5, 0.6) is 0 Å². The fourth-order valence-electron chi connectivity index (χ4n) is 1.15. The maximum atomic E-state index is 12.8. The second-order valence-corrected chi connectivity index (χ2v) is 2.99. The lowest BCUT2D eigenvalue weighted by molar-refractivity contribution is 0.628. The Morgan fingerprint density at radius 1 is 1.13 bits per heavy atom. The molecule has 3 heteroatoms. The van der Waals surface area contributed by atoms with Crippen molar-refractivity contribution in [1.82, 2.24) is 4.98 Å². The summed E-state index contributed by atoms with van der Waals surface area (Å²) in [6, 6.07) is 11.7. The van der Waals surface area contributed by atoms with Gasteiger partial charge in [-0.15, -0.1) is 0 Å². The molecule has 0 saturated carbocycles. The number of hydrogen-bond donors (Lipinski definition) is 0. The van der Waals surface area contributed by atoms with Gasteiger partial charge < -0.3 is 0 Å². The molecule has 0 bridgehead atoms. The average Bonchev–Trinajstić information content (AvgIpc) is 2.28. The SMILES string of the molecule is Fc1cccc(N=Cc2ccccn2)c1. The summed E-state index contributed by atoms with van der Waals surface area (Å²) in [5.41, 5.74) is 1.34. The van der Waals surface area contributed by atoms with E-state index in [2.05, 4.69) is 9.98 Å². The molecule has 2 aromatic rings. The monoisotopic (exact) mass is 200 g/mol. The van der Waals surface area contributed by atoms with Gasteiger partial charge >= 0.3 is 0 Å². The minimum absolute atomic E-state index is 0.286. The van der Waals surface area contributed by atoms with Crippen molar-refractivity contribution in [3.05, 3.63) is 60.2 Å². The van der Waals surface area contributed by atoms with Crippen LogP contribution in [0.15, 0.2) is 53.7 Å². The van der Waals surface area contributed by atoms with Crippen molar-refractivity contribution in [3.8, 4) is 0 Å². The zero-order chi connectivity index (χ0) is 10.5. The van der Waals surface area contributed by atoms with E-state index in [9.17, 15) is 4.39 Å². The molecule has 0 aliphatic heterocycles. The molecule has 2 nitrogen and oxygen atoms in total. The van der Waals surface area contributed by atoms with E-state index in [1.807, 2.05) is 18.2 Å². The van der Waals surface area contributed by atoms with Crippen LogP contribution in [-0.2, 0) is 0 Å². The molecular formula is C12H9FN2. The van der Waals surface area contributed by atoms with E-state index in [-0.39, 0.29) is 5.82 Å². The minimum atomic E-state index is -0.286. The summed E-state index contributed by atoms with van der Waals surface area (Å²) in [5.74, 6) is -0.286. The molecule has 0 unspecified atom stereocenters. The first-order chi connectivity index (χ1) is 7.34. The van der Waals surface area contributed by atoms with E-state index in [0.717, 1.165) is 5.69 Å². The van der Waals surface area contributed by atoms with Crippen molar-refractivity contribution in [3.63, 3.8) is 0 Å². The lowest BCUT2D eigenvalue weighted by Crippen LogP contribution is -1.83. The summed E-state index contributed by atoms with van der Waals surface area (Å²) >= 11 is 0. The van der Waals surface area contributed by atoms with Crippen LogP contribution in [0.3, 0.4) is 0 Å². The summed E-state index contributed by atoms with van der Waals surface area (Å²) in [6.45, 7) is 0. The van der Waals surface area contributed by atoms with Crippen molar-refractivity contribution in [2.24, 2.45) is 4.99 Å². The van der Waals surface area contributed by atoms with Gasteiger partial charge in [-0.3, -0.25) is 9.98 Å². The van der Waals surface area contributed by atoms with E-state index < -0.39 is 0 Å². The Morgan fingerprint density at radius 2 is 2.07 bits per heavy atom. The Balaban J connectivity index is 2.19. The van der Waals surface area contributed by atoms with Crippen LogP contribution >= 0.6 is 0 Å². The van der Waals surface area contributed by atoms with Gasteiger partial charge in [0.25, 0.3) is 0 Å². The Morgan fingerprint density at radius 3 is 2.80 bits per heavy atom. The first kappa shape index (κ1) is 9.52. The van der Waals surface area contributed by atoms with Crippen LogP contribution in [0.2, 0.25) is 0 Å². The highest BCUT2D eigenvalue weighted by atomic mass is 19.1. The van der Waals surface area contributed by atoms with Gasteiger partial charge in [-0.05, 0) is 30.3 Å². The summed E-state index contributed by atoms with van der Waals surface area (Å²) in [5, 5.41) is 0. The number of hydrogen-bond acceptors (Lipinski definition) is 2. The maximum Gasteiger partial charge on any atom is 0.125 e. The summed E-state index contributed by atoms with van der Waals surface area (Å²) < 4.78 is 12.8. The molecule has 0 fully saturated rings. The van der Waals surface area contributed by atoms with Crippen molar-refractivity contribution in [1.29, 1.82) is 0 Å². The van der Waals surface area contributed by atoms with Crippen molar-refractivity contribution in [2.45, 2.75) is 0 Å². The number of rotatable bonds is 2. The first-order valence-electron chi connectivity index (χ1n) is 4.55. The molecule has 2 rings (SSSR count). The molecule has 0 N–H and O–H groups in total. The van der Waals surface area contributed by atoms with E-state index in [1.165, 1.54) is 12.1 Å². The van der Waals surface area contributed by atoms with E-state index in [4.69, 9.17) is 0 Å². The average molecular weight is 200 g/mol. The molecular weight excluding hydrogens is 191 g/mol. The third-order valence-electron chi connectivity index (χ3n) is 1.84. The van der Waals surface area contributed by atoms with Gasteiger partial charge in [0.2, 0.25) is 0 Å². The topological polar surface area (TPSA) is 25.2 Å². The molecule has 1 aromatic carbocycles. The molecule has 15 heavy (non-hydrogen) atoms. The molecule has 0 atom stereocenters. The van der Waals surface area contributed by atoms with Crippen molar-refractivity contribution in [2.75, 3.05) is 0 Å². The number of halogens is 1. The van der Waals surface area contributed by atoms with Crippen molar-refractivity contribution < 1.29 is 4.39 Å². The fraction of sp³-hybridized carbons (Fsp3) is 0. The quantitative estimate of drug-likeness (QED) is 0.684. The number of aliphatic imine (C=N–C) groups is 1. The van der Waals surface area contributed by atoms with E-state index in [1.54, 1.807) is 24.5 Å². The summed E-state index contributed by atoms with van der Waals surface area (Å²) in [7, 11) is 0. The predicted molar refractivity (Wildman–Crippen MR) is 57.9 cm³/mol. The number of aromatic nitrogens is 1. The highest BCUT2D eigenvalue weighted by Gasteiger charge is 1.91. The lowest BCUT2D eigenvalue weighted by Gasteiger charge is -1.93. The standard InChI is InChI=1S/C12H9FN2/c13-10-4-3-6-11(8-10)15-9-12-5-1-2-7-14-12/h1-9H. The number of pyridine rings is 1. The van der Waals surface area contributed by atoms with Gasteiger partial charge in [-0.25, -0.2) is 4.39 Å². The van der Waals surface area contributed by atoms with Gasteiger partial charge in [0.15, 0.2) is 0 Å². The Labute approximate surface area is 87.1 Å². The minimum Gasteiger partial charge on any atom is -0.255 e. The molecule has 74 valence electrons. The van der Waals surface area contributed by atoms with Crippen LogP contribution in [0.4, 0.5) is 10.1 Å². The van der Waals surface area contributed by atoms with Gasteiger partial charge in [-0.2, -0.15) is 0 Å². The molecule has 0 amide bonds. The summed E-state index contributed by atoms with van der Waals surface area (Å²) in [4.78, 5) is 8.18. The Kier molecular flexibility index (Phi) is 2.83. The second kappa shape index (κ2) is 4.46. The summed E-state index contributed by atoms with van der Waals surface area (Å²) in [6.07, 6.45) is 3.29. The van der Waals surface area contributed by atoms with Gasteiger partial charge in [0.1, 0.15) is 5.82 Å². The smallest absolute Gasteiger partial charge is 0.125 e. The third kappa shape index (κ3) is 2.71. The van der Waals surface area contributed by atoms with E-state index >= 15 is 0 Å². The number of nitrogens with zero attached hydrogens (tertiary/aromatic N) is 2. The van der Waals surface area contributed by atoms with Crippen LogP contribution < -0.4 is 0 Å². The van der Waals surface area contributed by atoms with E-state index in [0.29, 0.717) is 5.69 Å². The van der Waals surface area contributed by atoms with Crippen LogP contribution in [0.1, 0.15) is 5.69 Å². The molecule has 0 saturated heterocycles.